The number of sulfonamides is 1. The van der Waals surface area contributed by atoms with Gasteiger partial charge in [0.1, 0.15) is 4.90 Å². The van der Waals surface area contributed by atoms with Crippen LogP contribution >= 0.6 is 23.2 Å². The topological polar surface area (TPSA) is 111 Å². The molecule has 2 rings (SSSR count). The average molecular weight is 351 g/mol. The second kappa shape index (κ2) is 6.18. The lowest BCUT2D eigenvalue weighted by atomic mass is 10.3. The van der Waals surface area contributed by atoms with Gasteiger partial charge in [-0.2, -0.15) is 4.98 Å². The van der Waals surface area contributed by atoms with Crippen LogP contribution in [-0.2, 0) is 16.4 Å². The van der Waals surface area contributed by atoms with E-state index < -0.39 is 10.0 Å². The first kappa shape index (κ1) is 16.0. The number of nitrogens with zero attached hydrogens (tertiary/aromatic N) is 2. The monoisotopic (exact) mass is 350 g/mol. The fraction of sp³-hybridized carbons (Fsp3) is 0.273. The second-order valence-corrected chi connectivity index (χ2v) is 6.74. The smallest absolute Gasteiger partial charge is 0.244 e. The molecule has 0 aliphatic carbocycles. The maximum absolute atomic E-state index is 12.2. The van der Waals surface area contributed by atoms with Gasteiger partial charge in [-0.1, -0.05) is 28.4 Å². The Morgan fingerprint density at radius 1 is 1.38 bits per heavy atom. The van der Waals surface area contributed by atoms with Gasteiger partial charge in [-0.15, -0.1) is 0 Å². The zero-order chi connectivity index (χ0) is 15.6. The first-order chi connectivity index (χ1) is 9.79. The average Bonchev–Trinajstić information content (AvgIpc) is 2.72. The lowest BCUT2D eigenvalue weighted by molar-refractivity contribution is 0.375. The summed E-state index contributed by atoms with van der Waals surface area (Å²) in [7, 11) is -3.86. The number of nitrogens with two attached hydrogens (primary N) is 1. The summed E-state index contributed by atoms with van der Waals surface area (Å²) in [6.45, 7) is 1.74. The van der Waals surface area contributed by atoms with Crippen LogP contribution < -0.4 is 10.5 Å². The Hall–Kier alpha value is -1.35. The van der Waals surface area contributed by atoms with Gasteiger partial charge in [-0.25, -0.2) is 13.1 Å². The highest BCUT2D eigenvalue weighted by atomic mass is 35.5. The molecule has 114 valence electrons. The van der Waals surface area contributed by atoms with Gasteiger partial charge in [0.05, 0.1) is 10.7 Å². The quantitative estimate of drug-likeness (QED) is 0.795. The number of halogens is 2. The molecule has 1 heterocycles. The molecule has 0 saturated heterocycles. The third-order valence-electron chi connectivity index (χ3n) is 2.51. The van der Waals surface area contributed by atoms with Crippen molar-refractivity contribution in [2.45, 2.75) is 18.2 Å². The van der Waals surface area contributed by atoms with Crippen molar-refractivity contribution in [2.24, 2.45) is 0 Å². The predicted molar refractivity (Wildman–Crippen MR) is 78.8 cm³/mol. The van der Waals surface area contributed by atoms with E-state index in [-0.39, 0.29) is 33.6 Å². The molecular formula is C11H12Cl2N4O3S. The minimum atomic E-state index is -3.86. The van der Waals surface area contributed by atoms with Gasteiger partial charge in [-0.3, -0.25) is 0 Å². The molecule has 0 aliphatic heterocycles. The Bertz CT molecular complexity index is 738. The maximum atomic E-state index is 12.2. The predicted octanol–water partition coefficient (Wildman–Crippen LogP) is 1.79. The summed E-state index contributed by atoms with van der Waals surface area (Å²) in [6.07, 6.45) is 0.255. The highest BCUT2D eigenvalue weighted by Gasteiger charge is 2.21. The number of hydrogen-bond acceptors (Lipinski definition) is 6. The maximum Gasteiger partial charge on any atom is 0.244 e. The molecule has 0 unspecified atom stereocenters. The molecule has 3 N–H and O–H groups in total. The van der Waals surface area contributed by atoms with Crippen molar-refractivity contribution in [3.63, 3.8) is 0 Å². The molecule has 0 atom stereocenters. The zero-order valence-electron chi connectivity index (χ0n) is 10.9. The standard InChI is InChI=1S/C11H12Cl2N4O3S/c1-6-16-10(20-17-6)2-3-15-21(18,19)11-8(13)4-7(12)5-9(11)14/h4-5,15H,2-3,14H2,1H3. The third-order valence-corrected chi connectivity index (χ3v) is 4.71. The fourth-order valence-electron chi connectivity index (χ4n) is 1.67. The van der Waals surface area contributed by atoms with Gasteiger partial charge >= 0.3 is 0 Å². The van der Waals surface area contributed by atoms with Crippen LogP contribution in [0.5, 0.6) is 0 Å². The van der Waals surface area contributed by atoms with E-state index in [0.29, 0.717) is 11.7 Å². The lowest BCUT2D eigenvalue weighted by Gasteiger charge is -2.10. The van der Waals surface area contributed by atoms with E-state index in [0.717, 1.165) is 0 Å². The van der Waals surface area contributed by atoms with Gasteiger partial charge < -0.3 is 10.3 Å². The summed E-state index contributed by atoms with van der Waals surface area (Å²) in [5.41, 5.74) is 5.65. The van der Waals surface area contributed by atoms with Gasteiger partial charge in [0.15, 0.2) is 5.82 Å². The van der Waals surface area contributed by atoms with Gasteiger partial charge in [0, 0.05) is 18.0 Å². The summed E-state index contributed by atoms with van der Waals surface area (Å²) < 4.78 is 31.6. The van der Waals surface area contributed by atoms with Crippen LogP contribution in [0, 0.1) is 6.92 Å². The molecule has 21 heavy (non-hydrogen) atoms. The van der Waals surface area contributed by atoms with Crippen molar-refractivity contribution in [3.05, 3.63) is 33.9 Å². The Kier molecular flexibility index (Phi) is 4.72. The molecule has 0 fully saturated rings. The number of hydrogen-bond donors (Lipinski definition) is 2. The van der Waals surface area contributed by atoms with Crippen molar-refractivity contribution in [1.82, 2.24) is 14.9 Å². The number of aryl methyl sites for hydroxylation is 1. The fourth-order valence-corrected chi connectivity index (χ4v) is 3.68. The second-order valence-electron chi connectivity index (χ2n) is 4.19. The van der Waals surface area contributed by atoms with E-state index in [1.54, 1.807) is 6.92 Å². The Morgan fingerprint density at radius 2 is 2.10 bits per heavy atom. The van der Waals surface area contributed by atoms with Crippen molar-refractivity contribution < 1.29 is 12.9 Å². The molecule has 1 aromatic heterocycles. The Morgan fingerprint density at radius 3 is 2.67 bits per heavy atom. The number of benzene rings is 1. The van der Waals surface area contributed by atoms with Crippen LogP contribution in [0.1, 0.15) is 11.7 Å². The first-order valence-electron chi connectivity index (χ1n) is 5.83. The molecule has 2 aromatic rings. The summed E-state index contributed by atoms with van der Waals surface area (Å²) >= 11 is 11.6. The molecule has 0 saturated carbocycles. The molecule has 0 aliphatic rings. The normalized spacial score (nSPS) is 11.8. The van der Waals surface area contributed by atoms with Crippen molar-refractivity contribution in [1.29, 1.82) is 0 Å². The minimum absolute atomic E-state index is 0.0198. The summed E-state index contributed by atoms with van der Waals surface area (Å²) in [6, 6.07) is 2.64. The van der Waals surface area contributed by atoms with Crippen molar-refractivity contribution in [2.75, 3.05) is 12.3 Å². The van der Waals surface area contributed by atoms with Crippen LogP contribution in [-0.4, -0.2) is 25.1 Å². The van der Waals surface area contributed by atoms with Crippen LogP contribution in [0.4, 0.5) is 5.69 Å². The largest absolute Gasteiger partial charge is 0.398 e. The summed E-state index contributed by atoms with van der Waals surface area (Å²) in [5, 5.41) is 3.83. The van der Waals surface area contributed by atoms with E-state index >= 15 is 0 Å². The van der Waals surface area contributed by atoms with Crippen LogP contribution in [0.3, 0.4) is 0 Å². The van der Waals surface area contributed by atoms with Gasteiger partial charge in [0.2, 0.25) is 15.9 Å². The number of nitrogen functional groups attached to an aromatic ring is 1. The van der Waals surface area contributed by atoms with Crippen molar-refractivity contribution >= 4 is 38.9 Å². The number of aromatic nitrogens is 2. The van der Waals surface area contributed by atoms with Crippen molar-refractivity contribution in [3.8, 4) is 0 Å². The SMILES string of the molecule is Cc1noc(CCNS(=O)(=O)c2c(N)cc(Cl)cc2Cl)n1. The van der Waals surface area contributed by atoms with Crippen LogP contribution in [0.2, 0.25) is 10.0 Å². The Balaban J connectivity index is 2.12. The van der Waals surface area contributed by atoms with E-state index in [2.05, 4.69) is 14.9 Å². The van der Waals surface area contributed by atoms with Crippen LogP contribution in [0.25, 0.3) is 0 Å². The van der Waals surface area contributed by atoms with Crippen LogP contribution in [0.15, 0.2) is 21.6 Å². The highest BCUT2D eigenvalue weighted by molar-refractivity contribution is 7.89. The molecule has 0 amide bonds. The summed E-state index contributed by atoms with van der Waals surface area (Å²) in [5.74, 6) is 0.822. The van der Waals surface area contributed by atoms with Gasteiger partial charge in [-0.05, 0) is 19.1 Å². The molecule has 7 nitrogen and oxygen atoms in total. The Labute approximate surface area is 131 Å². The molecular weight excluding hydrogens is 339 g/mol. The first-order valence-corrected chi connectivity index (χ1v) is 8.07. The van der Waals surface area contributed by atoms with E-state index in [1.807, 2.05) is 0 Å². The third kappa shape index (κ3) is 3.85. The van der Waals surface area contributed by atoms with E-state index in [9.17, 15) is 8.42 Å². The highest BCUT2D eigenvalue weighted by Crippen LogP contribution is 2.30. The summed E-state index contributed by atoms with van der Waals surface area (Å²) in [4.78, 5) is 3.77. The number of rotatable bonds is 5. The molecule has 0 spiro atoms. The number of anilines is 1. The van der Waals surface area contributed by atoms with E-state index in [1.165, 1.54) is 12.1 Å². The lowest BCUT2D eigenvalue weighted by Crippen LogP contribution is -2.27. The molecule has 10 heteroatoms. The molecule has 0 radical (unpaired) electrons. The molecule has 1 aromatic carbocycles. The zero-order valence-corrected chi connectivity index (χ0v) is 13.3. The van der Waals surface area contributed by atoms with E-state index in [4.69, 9.17) is 33.5 Å². The van der Waals surface area contributed by atoms with Gasteiger partial charge in [0.25, 0.3) is 0 Å². The minimum Gasteiger partial charge on any atom is -0.398 e. The number of nitrogens with one attached hydrogen (secondary N) is 1. The molecule has 0 bridgehead atoms.